The monoisotopic (exact) mass is 286 g/mol. The molecule has 1 aromatic carbocycles. The van der Waals surface area contributed by atoms with Crippen LogP contribution >= 0.6 is 0 Å². The minimum Gasteiger partial charge on any atom is -0.391 e. The zero-order valence-corrected chi connectivity index (χ0v) is 12.1. The van der Waals surface area contributed by atoms with E-state index in [-0.39, 0.29) is 12.0 Å². The maximum atomic E-state index is 11.8. The fourth-order valence-electron chi connectivity index (χ4n) is 2.73. The van der Waals surface area contributed by atoms with Crippen LogP contribution in [0.2, 0.25) is 0 Å². The first kappa shape index (κ1) is 14.1. The highest BCUT2D eigenvalue weighted by molar-refractivity contribution is 5.83. The molecular weight excluding hydrogens is 264 g/mol. The molecule has 3 rings (SSSR count). The molecule has 1 unspecified atom stereocenters. The predicted molar refractivity (Wildman–Crippen MR) is 83.0 cm³/mol. The zero-order valence-electron chi connectivity index (χ0n) is 12.1. The van der Waals surface area contributed by atoms with E-state index in [1.165, 1.54) is 10.9 Å². The first-order valence-electron chi connectivity index (χ1n) is 7.74. The number of H-pyrrole nitrogens is 1. The molecule has 1 atom stereocenters. The molecule has 1 amide bonds. The molecular formula is C17H22N2O2. The Labute approximate surface area is 124 Å². The lowest BCUT2D eigenvalue weighted by Crippen LogP contribution is -2.33. The topological polar surface area (TPSA) is 65.1 Å². The lowest BCUT2D eigenvalue weighted by Gasteiger charge is -2.10. The highest BCUT2D eigenvalue weighted by Crippen LogP contribution is 2.32. The number of benzene rings is 1. The van der Waals surface area contributed by atoms with Gasteiger partial charge in [0.05, 0.1) is 6.10 Å². The molecule has 4 nitrogen and oxygen atoms in total. The van der Waals surface area contributed by atoms with Crippen LogP contribution in [0.3, 0.4) is 0 Å². The van der Waals surface area contributed by atoms with Crippen LogP contribution in [0.5, 0.6) is 0 Å². The molecule has 4 heteroatoms. The van der Waals surface area contributed by atoms with Crippen LogP contribution in [0.25, 0.3) is 10.9 Å². The third kappa shape index (κ3) is 3.64. The number of amides is 1. The first-order valence-corrected chi connectivity index (χ1v) is 7.74. The molecule has 0 bridgehead atoms. The van der Waals surface area contributed by atoms with Crippen molar-refractivity contribution in [3.63, 3.8) is 0 Å². The number of para-hydroxylation sites is 1. The SMILES string of the molecule is O=C(CCCc1c[nH]c2ccccc12)NCC(O)C1CC1. The van der Waals surface area contributed by atoms with Crippen LogP contribution in [0.15, 0.2) is 30.5 Å². The summed E-state index contributed by atoms with van der Waals surface area (Å²) in [5.74, 6) is 0.450. The van der Waals surface area contributed by atoms with Crippen molar-refractivity contribution in [2.75, 3.05) is 6.54 Å². The molecule has 1 aromatic heterocycles. The summed E-state index contributed by atoms with van der Waals surface area (Å²) in [6.45, 7) is 0.399. The summed E-state index contributed by atoms with van der Waals surface area (Å²) in [7, 11) is 0. The van der Waals surface area contributed by atoms with E-state index in [2.05, 4.69) is 22.4 Å². The summed E-state index contributed by atoms with van der Waals surface area (Å²) in [6.07, 6.45) is 6.09. The zero-order chi connectivity index (χ0) is 14.7. The first-order chi connectivity index (χ1) is 10.2. The number of hydrogen-bond acceptors (Lipinski definition) is 2. The number of carbonyl (C=O) groups is 1. The van der Waals surface area contributed by atoms with Crippen molar-refractivity contribution in [1.82, 2.24) is 10.3 Å². The number of fused-ring (bicyclic) bond motifs is 1. The van der Waals surface area contributed by atoms with Crippen LogP contribution in [0.4, 0.5) is 0 Å². The molecule has 0 spiro atoms. The number of aliphatic hydroxyl groups excluding tert-OH is 1. The van der Waals surface area contributed by atoms with Gasteiger partial charge >= 0.3 is 0 Å². The average molecular weight is 286 g/mol. The smallest absolute Gasteiger partial charge is 0.220 e. The van der Waals surface area contributed by atoms with Gasteiger partial charge in [-0.3, -0.25) is 4.79 Å². The minimum atomic E-state index is -0.359. The van der Waals surface area contributed by atoms with E-state index in [0.717, 1.165) is 31.2 Å². The Morgan fingerprint density at radius 3 is 3.00 bits per heavy atom. The largest absolute Gasteiger partial charge is 0.391 e. The quantitative estimate of drug-likeness (QED) is 0.731. The van der Waals surface area contributed by atoms with E-state index in [0.29, 0.717) is 18.9 Å². The van der Waals surface area contributed by atoms with Crippen LogP contribution in [-0.4, -0.2) is 28.6 Å². The molecule has 1 saturated carbocycles. The van der Waals surface area contributed by atoms with Gasteiger partial charge < -0.3 is 15.4 Å². The molecule has 112 valence electrons. The molecule has 1 aliphatic carbocycles. The number of nitrogens with one attached hydrogen (secondary N) is 2. The van der Waals surface area contributed by atoms with E-state index in [4.69, 9.17) is 0 Å². The number of aromatic nitrogens is 1. The average Bonchev–Trinajstić information content (AvgIpc) is 3.27. The Morgan fingerprint density at radius 2 is 2.19 bits per heavy atom. The molecule has 3 N–H and O–H groups in total. The number of rotatable bonds is 7. The molecule has 21 heavy (non-hydrogen) atoms. The minimum absolute atomic E-state index is 0.0366. The Balaban J connectivity index is 1.42. The predicted octanol–water partition coefficient (Wildman–Crippen LogP) is 2.38. The van der Waals surface area contributed by atoms with Gasteiger partial charge in [-0.15, -0.1) is 0 Å². The second-order valence-corrected chi connectivity index (χ2v) is 5.92. The molecule has 0 radical (unpaired) electrons. The van der Waals surface area contributed by atoms with Gasteiger partial charge in [0.25, 0.3) is 0 Å². The second-order valence-electron chi connectivity index (χ2n) is 5.92. The van der Waals surface area contributed by atoms with Crippen molar-refractivity contribution in [3.8, 4) is 0 Å². The summed E-state index contributed by atoms with van der Waals surface area (Å²) in [5, 5.41) is 13.8. The number of aryl methyl sites for hydroxylation is 1. The number of aromatic amines is 1. The van der Waals surface area contributed by atoms with Crippen LogP contribution in [-0.2, 0) is 11.2 Å². The maximum Gasteiger partial charge on any atom is 0.220 e. The van der Waals surface area contributed by atoms with Crippen LogP contribution in [0, 0.1) is 5.92 Å². The summed E-state index contributed by atoms with van der Waals surface area (Å²) in [4.78, 5) is 15.0. The Kier molecular flexibility index (Phi) is 4.25. The van der Waals surface area contributed by atoms with Crippen LogP contribution in [0.1, 0.15) is 31.2 Å². The Bertz CT molecular complexity index is 616. The van der Waals surface area contributed by atoms with Crippen molar-refractivity contribution >= 4 is 16.8 Å². The van der Waals surface area contributed by atoms with Gasteiger partial charge in [-0.1, -0.05) is 18.2 Å². The standard InChI is InChI=1S/C17H22N2O2/c20-16(12-8-9-12)11-19-17(21)7-3-4-13-10-18-15-6-2-1-5-14(13)15/h1-2,5-6,10,12,16,18,20H,3-4,7-9,11H2,(H,19,21). The maximum absolute atomic E-state index is 11.8. The van der Waals surface area contributed by atoms with Crippen molar-refractivity contribution in [3.05, 3.63) is 36.0 Å². The summed E-state index contributed by atoms with van der Waals surface area (Å²) >= 11 is 0. The van der Waals surface area contributed by atoms with E-state index in [9.17, 15) is 9.90 Å². The van der Waals surface area contributed by atoms with Crippen LogP contribution < -0.4 is 5.32 Å². The highest BCUT2D eigenvalue weighted by atomic mass is 16.3. The van der Waals surface area contributed by atoms with Gasteiger partial charge in [-0.25, -0.2) is 0 Å². The van der Waals surface area contributed by atoms with Gasteiger partial charge in [0.2, 0.25) is 5.91 Å². The normalized spacial score (nSPS) is 16.0. The summed E-state index contributed by atoms with van der Waals surface area (Å²) < 4.78 is 0. The van der Waals surface area contributed by atoms with Gasteiger partial charge in [-0.2, -0.15) is 0 Å². The summed E-state index contributed by atoms with van der Waals surface area (Å²) in [5.41, 5.74) is 2.40. The van der Waals surface area contributed by atoms with Crippen molar-refractivity contribution < 1.29 is 9.90 Å². The molecule has 0 aliphatic heterocycles. The molecule has 0 saturated heterocycles. The van der Waals surface area contributed by atoms with Crippen molar-refractivity contribution in [1.29, 1.82) is 0 Å². The lowest BCUT2D eigenvalue weighted by atomic mass is 10.1. The third-order valence-electron chi connectivity index (χ3n) is 4.20. The van der Waals surface area contributed by atoms with Gasteiger partial charge in [0.15, 0.2) is 0 Å². The Morgan fingerprint density at radius 1 is 1.38 bits per heavy atom. The molecule has 2 aromatic rings. The van der Waals surface area contributed by atoms with E-state index in [1.54, 1.807) is 0 Å². The van der Waals surface area contributed by atoms with E-state index in [1.807, 2.05) is 18.3 Å². The lowest BCUT2D eigenvalue weighted by molar-refractivity contribution is -0.121. The van der Waals surface area contributed by atoms with Gasteiger partial charge in [0, 0.05) is 30.1 Å². The van der Waals surface area contributed by atoms with Gasteiger partial charge in [0.1, 0.15) is 0 Å². The number of aliphatic hydroxyl groups is 1. The van der Waals surface area contributed by atoms with E-state index >= 15 is 0 Å². The fraction of sp³-hybridized carbons (Fsp3) is 0.471. The molecule has 1 heterocycles. The van der Waals surface area contributed by atoms with Gasteiger partial charge in [-0.05, 0) is 43.2 Å². The summed E-state index contributed by atoms with van der Waals surface area (Å²) in [6, 6.07) is 8.21. The fourth-order valence-corrected chi connectivity index (χ4v) is 2.73. The number of hydrogen-bond donors (Lipinski definition) is 3. The van der Waals surface area contributed by atoms with Crippen molar-refractivity contribution in [2.24, 2.45) is 5.92 Å². The Hall–Kier alpha value is -1.81. The van der Waals surface area contributed by atoms with Crippen molar-refractivity contribution in [2.45, 2.75) is 38.2 Å². The molecule has 1 aliphatic rings. The number of carbonyl (C=O) groups excluding carboxylic acids is 1. The molecule has 1 fully saturated rings. The highest BCUT2D eigenvalue weighted by Gasteiger charge is 2.29. The second kappa shape index (κ2) is 6.31. The third-order valence-corrected chi connectivity index (χ3v) is 4.20. The van der Waals surface area contributed by atoms with E-state index < -0.39 is 0 Å².